The van der Waals surface area contributed by atoms with E-state index in [1.165, 1.54) is 6.07 Å². The highest BCUT2D eigenvalue weighted by Gasteiger charge is 2.30. The van der Waals surface area contributed by atoms with E-state index in [1.807, 2.05) is 30.1 Å². The third-order valence-electron chi connectivity index (χ3n) is 5.25. The number of likely N-dealkylation sites (N-methyl/N-ethyl adjacent to an activating group) is 1. The van der Waals surface area contributed by atoms with Crippen LogP contribution in [0.2, 0.25) is 0 Å². The molecular formula is C22H22N2O3. The summed E-state index contributed by atoms with van der Waals surface area (Å²) in [6.07, 6.45) is 0.821. The maximum atomic E-state index is 13.3. The summed E-state index contributed by atoms with van der Waals surface area (Å²) < 4.78 is 5.80. The molecule has 0 saturated carbocycles. The second kappa shape index (κ2) is 6.91. The first-order valence-electron chi connectivity index (χ1n) is 9.21. The first-order chi connectivity index (χ1) is 13.1. The molecule has 5 heteroatoms. The molecule has 0 N–H and O–H groups in total. The zero-order valence-electron chi connectivity index (χ0n) is 15.5. The Morgan fingerprint density at radius 1 is 1.15 bits per heavy atom. The van der Waals surface area contributed by atoms with E-state index in [4.69, 9.17) is 4.42 Å². The molecule has 1 amide bonds. The molecular weight excluding hydrogens is 340 g/mol. The SMILES string of the molecule is CC[C@@H]1CN(C)c2ccccc2CN1C(=O)c1cc(=O)c2ccccc2o1. The second-order valence-corrected chi connectivity index (χ2v) is 6.98. The van der Waals surface area contributed by atoms with Crippen molar-refractivity contribution >= 4 is 22.6 Å². The van der Waals surface area contributed by atoms with Gasteiger partial charge in [-0.1, -0.05) is 37.3 Å². The van der Waals surface area contributed by atoms with E-state index in [9.17, 15) is 9.59 Å². The number of amides is 1. The Morgan fingerprint density at radius 3 is 2.70 bits per heavy atom. The summed E-state index contributed by atoms with van der Waals surface area (Å²) in [6, 6.07) is 16.5. The van der Waals surface area contributed by atoms with Gasteiger partial charge in [0.05, 0.1) is 5.39 Å². The molecule has 0 bridgehead atoms. The van der Waals surface area contributed by atoms with Gasteiger partial charge < -0.3 is 14.2 Å². The Kier molecular flexibility index (Phi) is 4.44. The molecule has 0 fully saturated rings. The number of para-hydroxylation sites is 2. The second-order valence-electron chi connectivity index (χ2n) is 6.98. The van der Waals surface area contributed by atoms with Crippen molar-refractivity contribution in [3.8, 4) is 0 Å². The van der Waals surface area contributed by atoms with Crippen LogP contribution in [0.4, 0.5) is 5.69 Å². The van der Waals surface area contributed by atoms with E-state index in [-0.39, 0.29) is 23.1 Å². The molecule has 0 saturated heterocycles. The van der Waals surface area contributed by atoms with Crippen molar-refractivity contribution < 1.29 is 9.21 Å². The van der Waals surface area contributed by atoms with Crippen molar-refractivity contribution in [2.75, 3.05) is 18.5 Å². The highest BCUT2D eigenvalue weighted by Crippen LogP contribution is 2.28. The largest absolute Gasteiger partial charge is 0.451 e. The lowest BCUT2D eigenvalue weighted by Crippen LogP contribution is -2.43. The number of hydrogen-bond acceptors (Lipinski definition) is 4. The number of nitrogens with zero attached hydrogens (tertiary/aromatic N) is 2. The fourth-order valence-corrected chi connectivity index (χ4v) is 3.78. The van der Waals surface area contributed by atoms with Crippen LogP contribution in [0.15, 0.2) is 63.8 Å². The Morgan fingerprint density at radius 2 is 1.89 bits per heavy atom. The molecule has 0 radical (unpaired) electrons. The molecule has 1 aliphatic rings. The third-order valence-corrected chi connectivity index (χ3v) is 5.25. The topological polar surface area (TPSA) is 53.8 Å². The Balaban J connectivity index is 1.77. The van der Waals surface area contributed by atoms with Crippen molar-refractivity contribution in [3.05, 3.63) is 76.1 Å². The summed E-state index contributed by atoms with van der Waals surface area (Å²) in [4.78, 5) is 29.7. The van der Waals surface area contributed by atoms with Crippen molar-refractivity contribution in [3.63, 3.8) is 0 Å². The predicted octanol–water partition coefficient (Wildman–Crippen LogP) is 3.66. The van der Waals surface area contributed by atoms with Crippen LogP contribution in [0, 0.1) is 0 Å². The number of benzene rings is 2. The molecule has 1 aliphatic heterocycles. The van der Waals surface area contributed by atoms with Crippen LogP contribution in [-0.2, 0) is 6.54 Å². The van der Waals surface area contributed by atoms with Gasteiger partial charge >= 0.3 is 0 Å². The van der Waals surface area contributed by atoms with Crippen LogP contribution in [-0.4, -0.2) is 30.4 Å². The van der Waals surface area contributed by atoms with Crippen molar-refractivity contribution in [2.45, 2.75) is 25.9 Å². The smallest absolute Gasteiger partial charge is 0.290 e. The van der Waals surface area contributed by atoms with Gasteiger partial charge in [-0.15, -0.1) is 0 Å². The highest BCUT2D eigenvalue weighted by molar-refractivity contribution is 5.93. The average Bonchev–Trinajstić information content (AvgIpc) is 2.84. The number of hydrogen-bond donors (Lipinski definition) is 0. The fourth-order valence-electron chi connectivity index (χ4n) is 3.78. The molecule has 138 valence electrons. The van der Waals surface area contributed by atoms with Gasteiger partial charge in [0, 0.05) is 37.9 Å². The molecule has 5 nitrogen and oxygen atoms in total. The zero-order valence-corrected chi connectivity index (χ0v) is 15.5. The van der Waals surface area contributed by atoms with Gasteiger partial charge in [0.15, 0.2) is 11.2 Å². The summed E-state index contributed by atoms with van der Waals surface area (Å²) >= 11 is 0. The van der Waals surface area contributed by atoms with Crippen LogP contribution in [0.5, 0.6) is 0 Å². The molecule has 2 heterocycles. The van der Waals surface area contributed by atoms with E-state index >= 15 is 0 Å². The monoisotopic (exact) mass is 362 g/mol. The van der Waals surface area contributed by atoms with Gasteiger partial charge in [-0.3, -0.25) is 9.59 Å². The Labute approximate surface area is 157 Å². The molecule has 3 aromatic rings. The highest BCUT2D eigenvalue weighted by atomic mass is 16.3. The standard InChI is InChI=1S/C22H22N2O3/c1-3-16-14-23(2)18-10-6-4-8-15(18)13-24(16)22(26)21-12-19(25)17-9-5-7-11-20(17)27-21/h4-12,16H,3,13-14H2,1-2H3/t16-/m1/s1. The minimum absolute atomic E-state index is 0.0340. The maximum absolute atomic E-state index is 13.3. The number of carbonyl (C=O) groups excluding carboxylic acids is 1. The molecule has 2 aromatic carbocycles. The number of rotatable bonds is 2. The van der Waals surface area contributed by atoms with Gasteiger partial charge in [0.1, 0.15) is 5.58 Å². The number of fused-ring (bicyclic) bond motifs is 2. The van der Waals surface area contributed by atoms with E-state index < -0.39 is 0 Å². The normalized spacial score (nSPS) is 16.9. The number of carbonyl (C=O) groups is 1. The van der Waals surface area contributed by atoms with Crippen LogP contribution >= 0.6 is 0 Å². The number of anilines is 1. The van der Waals surface area contributed by atoms with Gasteiger partial charge in [-0.2, -0.15) is 0 Å². The van der Waals surface area contributed by atoms with Crippen LogP contribution < -0.4 is 10.3 Å². The van der Waals surface area contributed by atoms with Gasteiger partial charge in [-0.25, -0.2) is 0 Å². The Bertz CT molecular complexity index is 1060. The van der Waals surface area contributed by atoms with Gasteiger partial charge in [0.2, 0.25) is 0 Å². The molecule has 0 aliphatic carbocycles. The van der Waals surface area contributed by atoms with E-state index in [0.29, 0.717) is 17.5 Å². The summed E-state index contributed by atoms with van der Waals surface area (Å²) in [5, 5.41) is 0.488. The van der Waals surface area contributed by atoms with Gasteiger partial charge in [0.25, 0.3) is 5.91 Å². The lowest BCUT2D eigenvalue weighted by Gasteiger charge is -2.30. The minimum Gasteiger partial charge on any atom is -0.451 e. The lowest BCUT2D eigenvalue weighted by molar-refractivity contribution is 0.0635. The molecule has 1 aromatic heterocycles. The van der Waals surface area contributed by atoms with E-state index in [1.54, 1.807) is 24.3 Å². The first-order valence-corrected chi connectivity index (χ1v) is 9.21. The molecule has 4 rings (SSSR count). The third kappa shape index (κ3) is 3.10. The van der Waals surface area contributed by atoms with E-state index in [0.717, 1.165) is 24.2 Å². The zero-order chi connectivity index (χ0) is 19.0. The van der Waals surface area contributed by atoms with Crippen LogP contribution in [0.1, 0.15) is 29.5 Å². The van der Waals surface area contributed by atoms with Crippen LogP contribution in [0.3, 0.4) is 0 Å². The lowest BCUT2D eigenvalue weighted by atomic mass is 10.1. The minimum atomic E-state index is -0.241. The average molecular weight is 362 g/mol. The summed E-state index contributed by atoms with van der Waals surface area (Å²) in [7, 11) is 2.05. The molecule has 27 heavy (non-hydrogen) atoms. The van der Waals surface area contributed by atoms with Crippen molar-refractivity contribution in [1.29, 1.82) is 0 Å². The fraction of sp³-hybridized carbons (Fsp3) is 0.273. The first kappa shape index (κ1) is 17.3. The predicted molar refractivity (Wildman–Crippen MR) is 106 cm³/mol. The molecule has 0 spiro atoms. The molecule has 1 atom stereocenters. The van der Waals surface area contributed by atoms with E-state index in [2.05, 4.69) is 17.9 Å². The maximum Gasteiger partial charge on any atom is 0.290 e. The molecule has 0 unspecified atom stereocenters. The summed E-state index contributed by atoms with van der Waals surface area (Å²) in [5.74, 6) is -0.144. The quantitative estimate of drug-likeness (QED) is 0.698. The van der Waals surface area contributed by atoms with Crippen molar-refractivity contribution in [2.24, 2.45) is 0 Å². The van der Waals surface area contributed by atoms with Crippen molar-refractivity contribution in [1.82, 2.24) is 4.90 Å². The summed E-state index contributed by atoms with van der Waals surface area (Å²) in [5.41, 5.74) is 2.47. The van der Waals surface area contributed by atoms with Gasteiger partial charge in [-0.05, 0) is 30.2 Å². The van der Waals surface area contributed by atoms with Crippen LogP contribution in [0.25, 0.3) is 11.0 Å². The summed E-state index contributed by atoms with van der Waals surface area (Å²) in [6.45, 7) is 3.30. The Hall–Kier alpha value is -3.08.